The van der Waals surface area contributed by atoms with Crippen LogP contribution in [0.4, 0.5) is 0 Å². The molecule has 0 bridgehead atoms. The highest BCUT2D eigenvalue weighted by Gasteiger charge is 2.53. The quantitative estimate of drug-likeness (QED) is 0.112. The number of likely N-dealkylation sites (N-methyl/N-ethyl adjacent to an activating group) is 1. The van der Waals surface area contributed by atoms with Crippen LogP contribution in [0.15, 0.2) is 12.2 Å². The first-order chi connectivity index (χ1) is 26.2. The van der Waals surface area contributed by atoms with E-state index in [1.54, 1.807) is 58.8 Å². The molecule has 56 heavy (non-hydrogen) atoms. The van der Waals surface area contributed by atoms with Crippen LogP contribution in [-0.4, -0.2) is 151 Å². The van der Waals surface area contributed by atoms with Crippen molar-refractivity contribution < 1.29 is 72.4 Å². The van der Waals surface area contributed by atoms with E-state index in [0.717, 1.165) is 0 Å². The van der Waals surface area contributed by atoms with Gasteiger partial charge in [0.15, 0.2) is 18.7 Å². The Morgan fingerprint density at radius 2 is 1.71 bits per heavy atom. The number of ether oxygens (including phenoxy) is 8. The largest absolute Gasteiger partial charge is 0.462 e. The molecule has 0 radical (unpaired) electrons. The number of aliphatic hydroxyl groups is 3. The molecule has 3 aliphatic rings. The lowest BCUT2D eigenvalue weighted by Crippen LogP contribution is -2.66. The van der Waals surface area contributed by atoms with Crippen LogP contribution in [0.2, 0.25) is 0 Å². The lowest BCUT2D eigenvalue weighted by molar-refractivity contribution is -0.344. The fourth-order valence-electron chi connectivity index (χ4n) is 7.96. The third kappa shape index (κ3) is 13.2. The summed E-state index contributed by atoms with van der Waals surface area (Å²) in [6.45, 7) is 13.5. The van der Waals surface area contributed by atoms with Crippen molar-refractivity contribution in [3.05, 3.63) is 12.2 Å². The second-order valence-corrected chi connectivity index (χ2v) is 16.6. The van der Waals surface area contributed by atoms with Gasteiger partial charge in [-0.25, -0.2) is 0 Å². The predicted molar refractivity (Wildman–Crippen MR) is 201 cm³/mol. The van der Waals surface area contributed by atoms with Crippen LogP contribution in [-0.2, 0) is 57.1 Å². The molecule has 0 aliphatic carbocycles. The lowest BCUT2D eigenvalue weighted by Gasteiger charge is -2.50. The summed E-state index contributed by atoms with van der Waals surface area (Å²) in [5, 5.41) is 34.5. The molecule has 2 fully saturated rings. The maximum absolute atomic E-state index is 13.1. The molecule has 3 N–H and O–H groups in total. The Bertz CT molecular complexity index is 1310. The molecule has 9 unspecified atom stereocenters. The number of esters is 3. The molecule has 0 saturated carbocycles. The molecule has 16 nitrogen and oxygen atoms in total. The van der Waals surface area contributed by atoms with Crippen molar-refractivity contribution in [3.63, 3.8) is 0 Å². The average Bonchev–Trinajstić information content (AvgIpc) is 3.06. The number of cyclic esters (lactones) is 1. The van der Waals surface area contributed by atoms with Crippen LogP contribution >= 0.6 is 0 Å². The molecule has 2 saturated heterocycles. The van der Waals surface area contributed by atoms with Crippen LogP contribution in [0.5, 0.6) is 0 Å². The van der Waals surface area contributed by atoms with E-state index < -0.39 is 109 Å². The molecule has 0 spiro atoms. The summed E-state index contributed by atoms with van der Waals surface area (Å²) in [5.74, 6) is -2.78. The van der Waals surface area contributed by atoms with Gasteiger partial charge < -0.3 is 62.9 Å². The van der Waals surface area contributed by atoms with E-state index >= 15 is 0 Å². The highest BCUT2D eigenvalue weighted by atomic mass is 16.7. The smallest absolute Gasteiger partial charge is 0.309 e. The topological polar surface area (TPSA) is 206 Å². The van der Waals surface area contributed by atoms with Crippen molar-refractivity contribution in [1.82, 2.24) is 4.90 Å². The monoisotopic (exact) mass is 801 g/mol. The van der Waals surface area contributed by atoms with Crippen molar-refractivity contribution in [2.45, 2.75) is 179 Å². The standard InChI is InChI=1S/C40H67NO15/c1-21(2)17-30(45)54-38-25(6)51-32(20-40(38,8)48)55-35-24(5)52-39(34(47)33(35)41(9)10)56-36-27(15-16-42)18-22(3)28(44)14-12-13-23(4)50-31(46)19-29(37(36)49-11)53-26(7)43/h12,14,16,21-25,27-29,32-39,44,47-48H,13,15,17-20H2,1-11H3/b14-12+/t22-,23-,24?,25?,27+,28+,29-,32?,33?,34?,35?,36+,37+,38?,39?,40?/m1/s1. The fraction of sp³-hybridized carbons (Fsp3) is 0.850. The second-order valence-electron chi connectivity index (χ2n) is 16.6. The van der Waals surface area contributed by atoms with Crippen molar-refractivity contribution in [3.8, 4) is 0 Å². The number of aliphatic hydroxyl groups excluding tert-OH is 2. The van der Waals surface area contributed by atoms with E-state index in [2.05, 4.69) is 0 Å². The molecule has 0 aromatic carbocycles. The summed E-state index contributed by atoms with van der Waals surface area (Å²) < 4.78 is 48.4. The van der Waals surface area contributed by atoms with E-state index in [0.29, 0.717) is 12.7 Å². The third-order valence-corrected chi connectivity index (χ3v) is 10.7. The Kier molecular flexibility index (Phi) is 18.3. The Morgan fingerprint density at radius 3 is 2.29 bits per heavy atom. The first-order valence-electron chi connectivity index (χ1n) is 19.7. The molecule has 0 amide bonds. The van der Waals surface area contributed by atoms with Gasteiger partial charge >= 0.3 is 17.9 Å². The molecule has 3 rings (SSSR count). The van der Waals surface area contributed by atoms with Crippen molar-refractivity contribution >= 4 is 24.2 Å². The Balaban J connectivity index is 1.95. The number of methoxy groups -OCH3 is 1. The third-order valence-electron chi connectivity index (χ3n) is 10.7. The zero-order valence-electron chi connectivity index (χ0n) is 34.9. The van der Waals surface area contributed by atoms with Crippen LogP contribution in [0.25, 0.3) is 0 Å². The van der Waals surface area contributed by atoms with Gasteiger partial charge in [-0.15, -0.1) is 0 Å². The predicted octanol–water partition coefficient (Wildman–Crippen LogP) is 2.46. The molecule has 3 heterocycles. The normalized spacial score (nSPS) is 41.0. The first-order valence-corrected chi connectivity index (χ1v) is 19.7. The van der Waals surface area contributed by atoms with E-state index in [9.17, 15) is 34.5 Å². The molecule has 322 valence electrons. The second kappa shape index (κ2) is 21.5. The minimum atomic E-state index is -1.50. The number of carbonyl (C=O) groups is 4. The fourth-order valence-corrected chi connectivity index (χ4v) is 7.96. The van der Waals surface area contributed by atoms with Gasteiger partial charge in [-0.05, 0) is 66.0 Å². The maximum atomic E-state index is 13.1. The van der Waals surface area contributed by atoms with Gasteiger partial charge in [0, 0.05) is 39.7 Å². The Hall–Kier alpha value is -2.54. The van der Waals surface area contributed by atoms with Gasteiger partial charge in [0.05, 0.1) is 36.9 Å². The van der Waals surface area contributed by atoms with E-state index in [1.807, 2.05) is 20.8 Å². The van der Waals surface area contributed by atoms with E-state index in [1.165, 1.54) is 14.0 Å². The maximum Gasteiger partial charge on any atom is 0.309 e. The van der Waals surface area contributed by atoms with Gasteiger partial charge in [0.25, 0.3) is 0 Å². The van der Waals surface area contributed by atoms with E-state index in [4.69, 9.17) is 37.9 Å². The number of nitrogens with zero attached hydrogens (tertiary/aromatic N) is 1. The zero-order chi connectivity index (χ0) is 42.1. The zero-order valence-corrected chi connectivity index (χ0v) is 34.9. The average molecular weight is 802 g/mol. The van der Waals surface area contributed by atoms with Crippen LogP contribution in [0.1, 0.15) is 93.9 Å². The van der Waals surface area contributed by atoms with Crippen molar-refractivity contribution in [1.29, 1.82) is 0 Å². The number of hydrogen-bond donors (Lipinski definition) is 3. The summed E-state index contributed by atoms with van der Waals surface area (Å²) in [7, 11) is 4.86. The Labute approximate surface area is 331 Å². The van der Waals surface area contributed by atoms with Gasteiger partial charge in [-0.3, -0.25) is 14.4 Å². The summed E-state index contributed by atoms with van der Waals surface area (Å²) in [6, 6.07) is -0.773. The molecular formula is C40H67NO15. The molecule has 0 aromatic rings. The molecule has 3 aliphatic heterocycles. The minimum Gasteiger partial charge on any atom is -0.462 e. The van der Waals surface area contributed by atoms with Crippen molar-refractivity contribution in [2.24, 2.45) is 17.8 Å². The SMILES string of the molecule is CO[C@@H]1[C@@H](OC2OC(C)C(OC3CC(C)(O)C(OC(=O)CC(C)C)C(C)O3)C(N(C)C)C2O)[C@@H](CC=O)C[C@@H](C)[C@@H](O)/C=C/C[C@@H](C)OC(=O)C[C@H]1OC(C)=O. The molecule has 0 aromatic heterocycles. The molecular weight excluding hydrogens is 734 g/mol. The van der Waals surface area contributed by atoms with Gasteiger partial charge in [0.2, 0.25) is 0 Å². The van der Waals surface area contributed by atoms with Crippen molar-refractivity contribution in [2.75, 3.05) is 21.2 Å². The highest BCUT2D eigenvalue weighted by molar-refractivity contribution is 5.72. The van der Waals surface area contributed by atoms with Gasteiger partial charge in [0.1, 0.15) is 42.4 Å². The summed E-state index contributed by atoms with van der Waals surface area (Å²) in [6.07, 6.45) is -7.55. The lowest BCUT2D eigenvalue weighted by atomic mass is 9.82. The van der Waals surface area contributed by atoms with E-state index in [-0.39, 0.29) is 43.9 Å². The summed E-state index contributed by atoms with van der Waals surface area (Å²) in [5.41, 5.74) is -1.50. The first kappa shape index (κ1) is 47.8. The number of rotatable bonds is 12. The van der Waals surface area contributed by atoms with Crippen LogP contribution < -0.4 is 0 Å². The minimum absolute atomic E-state index is 0.0424. The number of hydrogen-bond acceptors (Lipinski definition) is 16. The number of aldehydes is 1. The molecule has 16 atom stereocenters. The Morgan fingerprint density at radius 1 is 1.04 bits per heavy atom. The van der Waals surface area contributed by atoms with Crippen LogP contribution in [0, 0.1) is 17.8 Å². The highest BCUT2D eigenvalue weighted by Crippen LogP contribution is 2.38. The van der Waals surface area contributed by atoms with Crippen LogP contribution in [0.3, 0.4) is 0 Å². The summed E-state index contributed by atoms with van der Waals surface area (Å²) in [4.78, 5) is 52.0. The van der Waals surface area contributed by atoms with Gasteiger partial charge in [-0.2, -0.15) is 0 Å². The summed E-state index contributed by atoms with van der Waals surface area (Å²) >= 11 is 0. The number of carbonyl (C=O) groups excluding carboxylic acids is 4. The molecule has 16 heteroatoms. The van der Waals surface area contributed by atoms with Gasteiger partial charge in [-0.1, -0.05) is 32.9 Å².